The van der Waals surface area contributed by atoms with Gasteiger partial charge in [0.25, 0.3) is 8.56 Å². The molecule has 6 heteroatoms. The molecular weight excluding hydrogens is 158 g/mol. The predicted octanol–water partition coefficient (Wildman–Crippen LogP) is -2.26. The molecule has 5 nitrogen and oxygen atoms in total. The van der Waals surface area contributed by atoms with Crippen LogP contribution in [0.1, 0.15) is 6.42 Å². The van der Waals surface area contributed by atoms with Gasteiger partial charge in [0.1, 0.15) is 0 Å². The highest BCUT2D eigenvalue weighted by Gasteiger charge is 2.15. The minimum atomic E-state index is -2.29. The van der Waals surface area contributed by atoms with Gasteiger partial charge in [-0.25, -0.2) is 0 Å². The molecule has 0 aromatic heterocycles. The van der Waals surface area contributed by atoms with Crippen LogP contribution in [0.2, 0.25) is 6.04 Å². The molecule has 11 heavy (non-hydrogen) atoms. The van der Waals surface area contributed by atoms with Crippen LogP contribution < -0.4 is 27.2 Å². The summed E-state index contributed by atoms with van der Waals surface area (Å²) >= 11 is 0. The van der Waals surface area contributed by atoms with Crippen LogP contribution in [-0.2, 0) is 0 Å². The van der Waals surface area contributed by atoms with Crippen molar-refractivity contribution in [2.75, 3.05) is 19.6 Å². The number of nitrogens with one attached hydrogen (secondary N) is 1. The molecule has 0 unspecified atom stereocenters. The van der Waals surface area contributed by atoms with Crippen molar-refractivity contribution in [3.63, 3.8) is 0 Å². The smallest absolute Gasteiger partial charge is 0.273 e. The van der Waals surface area contributed by atoms with E-state index in [0.717, 1.165) is 25.6 Å². The quantitative estimate of drug-likeness (QED) is 0.232. The fourth-order valence-corrected chi connectivity index (χ4v) is 1.54. The summed E-state index contributed by atoms with van der Waals surface area (Å²) in [5, 5.41) is 19.6. The maximum atomic E-state index is 5.49. The molecule has 0 bridgehead atoms. The Morgan fingerprint density at radius 3 is 2.18 bits per heavy atom. The van der Waals surface area contributed by atoms with Crippen LogP contribution in [0.4, 0.5) is 0 Å². The Bertz CT molecular complexity index is 91.4. The predicted molar refractivity (Wildman–Crippen MR) is 49.7 cm³/mol. The summed E-state index contributed by atoms with van der Waals surface area (Å²) < 4.78 is 0. The molecule has 0 aromatic rings. The zero-order valence-electron chi connectivity index (χ0n) is 6.84. The second-order valence-electron chi connectivity index (χ2n) is 2.75. The Morgan fingerprint density at radius 1 is 1.09 bits per heavy atom. The zero-order valence-corrected chi connectivity index (χ0v) is 7.84. The Morgan fingerprint density at radius 2 is 1.73 bits per heavy atom. The molecule has 0 saturated heterocycles. The van der Waals surface area contributed by atoms with E-state index in [1.807, 2.05) is 0 Å². The summed E-state index contributed by atoms with van der Waals surface area (Å²) in [5.41, 5.74) is 5.27. The molecule has 0 aliphatic rings. The minimum Gasteiger partial charge on any atom is -0.329 e. The Kier molecular flexibility index (Phi) is 5.65. The second kappa shape index (κ2) is 5.64. The van der Waals surface area contributed by atoms with Gasteiger partial charge in [-0.2, -0.15) is 0 Å². The lowest BCUT2D eigenvalue weighted by atomic mass is 10.5. The minimum absolute atomic E-state index is 0.663. The van der Waals surface area contributed by atoms with Crippen molar-refractivity contribution < 1.29 is 0 Å². The van der Waals surface area contributed by atoms with Gasteiger partial charge in [-0.1, -0.05) is 0 Å². The highest BCUT2D eigenvalue weighted by molar-refractivity contribution is 6.70. The highest BCUT2D eigenvalue weighted by Crippen LogP contribution is 1.90. The SMILES string of the molecule is NCCNCCC[Si](N)(N)N. The van der Waals surface area contributed by atoms with E-state index in [-0.39, 0.29) is 0 Å². The molecule has 0 heterocycles. The number of nitrogens with two attached hydrogens (primary N) is 4. The van der Waals surface area contributed by atoms with Crippen molar-refractivity contribution in [3.8, 4) is 0 Å². The largest absolute Gasteiger partial charge is 0.329 e. The fourth-order valence-electron chi connectivity index (χ4n) is 0.747. The topological polar surface area (TPSA) is 116 Å². The lowest BCUT2D eigenvalue weighted by Gasteiger charge is -2.13. The molecule has 0 aliphatic carbocycles. The van der Waals surface area contributed by atoms with E-state index in [0.29, 0.717) is 6.54 Å². The van der Waals surface area contributed by atoms with E-state index in [1.54, 1.807) is 0 Å². The van der Waals surface area contributed by atoms with E-state index in [1.165, 1.54) is 0 Å². The van der Waals surface area contributed by atoms with Gasteiger partial charge in [0.15, 0.2) is 0 Å². The van der Waals surface area contributed by atoms with Crippen LogP contribution in [0.25, 0.3) is 0 Å². The van der Waals surface area contributed by atoms with E-state index in [9.17, 15) is 0 Å². The second-order valence-corrected chi connectivity index (χ2v) is 5.48. The first-order valence-corrected chi connectivity index (χ1v) is 6.27. The summed E-state index contributed by atoms with van der Waals surface area (Å²) in [6.45, 7) is 2.41. The fraction of sp³-hybridized carbons (Fsp3) is 1.00. The molecule has 0 spiro atoms. The summed E-state index contributed by atoms with van der Waals surface area (Å²) in [6.07, 6.45) is 0.940. The van der Waals surface area contributed by atoms with Crippen molar-refractivity contribution in [1.82, 2.24) is 5.32 Å². The van der Waals surface area contributed by atoms with Crippen LogP contribution in [0, 0.1) is 0 Å². The van der Waals surface area contributed by atoms with Crippen LogP contribution >= 0.6 is 0 Å². The van der Waals surface area contributed by atoms with E-state index in [2.05, 4.69) is 5.32 Å². The van der Waals surface area contributed by atoms with Gasteiger partial charge in [-0.05, 0) is 19.0 Å². The molecule has 9 N–H and O–H groups in total. The van der Waals surface area contributed by atoms with Crippen LogP contribution in [0.5, 0.6) is 0 Å². The number of hydrogen-bond acceptors (Lipinski definition) is 5. The zero-order chi connectivity index (χ0) is 8.74. The van der Waals surface area contributed by atoms with Crippen LogP contribution in [0.3, 0.4) is 0 Å². The average molecular weight is 177 g/mol. The maximum absolute atomic E-state index is 5.49. The Labute approximate surface area is 68.7 Å². The first-order chi connectivity index (χ1) is 5.06. The first-order valence-electron chi connectivity index (χ1n) is 3.83. The number of rotatable bonds is 6. The molecule has 0 radical (unpaired) electrons. The molecule has 0 aliphatic heterocycles. The molecule has 0 aromatic carbocycles. The van der Waals surface area contributed by atoms with Gasteiger partial charge in [0, 0.05) is 13.1 Å². The van der Waals surface area contributed by atoms with E-state index < -0.39 is 8.56 Å². The Hall–Kier alpha value is 0.0169. The summed E-state index contributed by atoms with van der Waals surface area (Å²) in [6, 6.07) is 0.755. The van der Waals surface area contributed by atoms with E-state index >= 15 is 0 Å². The van der Waals surface area contributed by atoms with Crippen molar-refractivity contribution in [3.05, 3.63) is 0 Å². The molecular formula is C5H19N5Si. The van der Waals surface area contributed by atoms with Crippen molar-refractivity contribution in [2.45, 2.75) is 12.5 Å². The van der Waals surface area contributed by atoms with Gasteiger partial charge < -0.3 is 27.2 Å². The van der Waals surface area contributed by atoms with Gasteiger partial charge in [-0.3, -0.25) is 0 Å². The van der Waals surface area contributed by atoms with Crippen molar-refractivity contribution in [2.24, 2.45) is 21.9 Å². The summed E-state index contributed by atoms with van der Waals surface area (Å²) in [5.74, 6) is 0. The molecule has 68 valence electrons. The third-order valence-corrected chi connectivity index (χ3v) is 2.50. The summed E-state index contributed by atoms with van der Waals surface area (Å²) in [7, 11) is -2.29. The molecule has 0 fully saturated rings. The third kappa shape index (κ3) is 10.0. The van der Waals surface area contributed by atoms with Crippen molar-refractivity contribution >= 4 is 8.56 Å². The highest BCUT2D eigenvalue weighted by atomic mass is 28.4. The monoisotopic (exact) mass is 177 g/mol. The third-order valence-electron chi connectivity index (χ3n) is 1.28. The molecule has 0 saturated carbocycles. The van der Waals surface area contributed by atoms with Gasteiger partial charge in [0.2, 0.25) is 0 Å². The lowest BCUT2D eigenvalue weighted by molar-refractivity contribution is 0.673. The summed E-state index contributed by atoms with van der Waals surface area (Å²) in [4.78, 5) is 0. The van der Waals surface area contributed by atoms with Crippen LogP contribution in [0.15, 0.2) is 0 Å². The van der Waals surface area contributed by atoms with Gasteiger partial charge in [-0.15, -0.1) is 0 Å². The van der Waals surface area contributed by atoms with Crippen LogP contribution in [-0.4, -0.2) is 28.2 Å². The average Bonchev–Trinajstić information content (AvgIpc) is 1.85. The number of hydrogen-bond donors (Lipinski definition) is 5. The maximum Gasteiger partial charge on any atom is 0.273 e. The first kappa shape index (κ1) is 11.0. The molecule has 0 rings (SSSR count). The van der Waals surface area contributed by atoms with E-state index in [4.69, 9.17) is 21.9 Å². The Balaban J connectivity index is 3.02. The van der Waals surface area contributed by atoms with Gasteiger partial charge >= 0.3 is 0 Å². The van der Waals surface area contributed by atoms with Crippen molar-refractivity contribution in [1.29, 1.82) is 0 Å². The van der Waals surface area contributed by atoms with Gasteiger partial charge in [0.05, 0.1) is 0 Å². The normalized spacial score (nSPS) is 12.0. The molecule has 0 atom stereocenters. The standard InChI is InChI=1S/C5H19N5Si/c6-2-4-10-3-1-5-11(7,8)9/h10H,1-9H2. The lowest BCUT2D eigenvalue weighted by Crippen LogP contribution is -2.64. The molecule has 0 amide bonds.